The third-order valence-corrected chi connectivity index (χ3v) is 5.63. The Balaban J connectivity index is 1.94. The summed E-state index contributed by atoms with van der Waals surface area (Å²) in [6, 6.07) is 1.61. The van der Waals surface area contributed by atoms with Crippen molar-refractivity contribution >= 4 is 29.2 Å². The predicted molar refractivity (Wildman–Crippen MR) is 106 cm³/mol. The zero-order chi connectivity index (χ0) is 25.3. The van der Waals surface area contributed by atoms with E-state index in [9.17, 15) is 45.8 Å². The standard InChI is InChI=1S/C20H21F6N3O5/c21-19(22,23)17(32)27-11-3-6-28(10-11)13-1-2-14(16(30)31)15(9-13)29(18(33)20(24,25)26)12-4-7-34-8-5-12/h1-2,9,11-12H,3-8,10H2,(H,27,32)(H,30,31)/t11-/m0/s1. The summed E-state index contributed by atoms with van der Waals surface area (Å²) in [4.78, 5) is 37.2. The number of nitrogens with zero attached hydrogens (tertiary/aromatic N) is 2. The third kappa shape index (κ3) is 5.72. The van der Waals surface area contributed by atoms with E-state index in [0.29, 0.717) is 4.90 Å². The Bertz CT molecular complexity index is 946. The molecule has 188 valence electrons. The summed E-state index contributed by atoms with van der Waals surface area (Å²) in [5, 5.41) is 11.4. The number of amides is 2. The van der Waals surface area contributed by atoms with E-state index in [2.05, 4.69) is 0 Å². The summed E-state index contributed by atoms with van der Waals surface area (Å²) in [5.41, 5.74) is -0.799. The first kappa shape index (κ1) is 25.6. The van der Waals surface area contributed by atoms with Crippen molar-refractivity contribution in [2.75, 3.05) is 36.1 Å². The van der Waals surface area contributed by atoms with Crippen LogP contribution in [0.2, 0.25) is 0 Å². The molecule has 2 N–H and O–H groups in total. The molecule has 1 aromatic rings. The fraction of sp³-hybridized carbons (Fsp3) is 0.550. The quantitative estimate of drug-likeness (QED) is 0.608. The maximum Gasteiger partial charge on any atom is 0.471 e. The fourth-order valence-corrected chi connectivity index (χ4v) is 4.03. The molecule has 8 nitrogen and oxygen atoms in total. The maximum atomic E-state index is 13.4. The molecular weight excluding hydrogens is 476 g/mol. The van der Waals surface area contributed by atoms with Gasteiger partial charge < -0.3 is 25.0 Å². The molecule has 0 aliphatic carbocycles. The average Bonchev–Trinajstić information content (AvgIpc) is 3.21. The van der Waals surface area contributed by atoms with E-state index in [1.54, 1.807) is 0 Å². The van der Waals surface area contributed by atoms with E-state index in [1.807, 2.05) is 5.32 Å². The minimum Gasteiger partial charge on any atom is -0.478 e. The SMILES string of the molecule is O=C(O)c1ccc(N2CC[C@H](NC(=O)C(F)(F)F)C2)cc1N(C(=O)C(F)(F)F)C1CCOCC1. The van der Waals surface area contributed by atoms with Crippen molar-refractivity contribution in [3.8, 4) is 0 Å². The van der Waals surface area contributed by atoms with Gasteiger partial charge in [0.25, 0.3) is 0 Å². The van der Waals surface area contributed by atoms with Gasteiger partial charge in [0.2, 0.25) is 0 Å². The number of hydrogen-bond acceptors (Lipinski definition) is 5. The van der Waals surface area contributed by atoms with Gasteiger partial charge >= 0.3 is 30.1 Å². The smallest absolute Gasteiger partial charge is 0.471 e. The number of aromatic carboxylic acids is 1. The number of carbonyl (C=O) groups excluding carboxylic acids is 2. The highest BCUT2D eigenvalue weighted by Crippen LogP contribution is 2.35. The van der Waals surface area contributed by atoms with Gasteiger partial charge in [-0.1, -0.05) is 0 Å². The molecular formula is C20H21F6N3O5. The molecule has 0 spiro atoms. The molecule has 1 aromatic carbocycles. The monoisotopic (exact) mass is 497 g/mol. The lowest BCUT2D eigenvalue weighted by Gasteiger charge is -2.36. The van der Waals surface area contributed by atoms with Gasteiger partial charge in [0.05, 0.1) is 11.3 Å². The number of rotatable bonds is 5. The van der Waals surface area contributed by atoms with Gasteiger partial charge in [-0.25, -0.2) is 4.79 Å². The molecule has 2 heterocycles. The van der Waals surface area contributed by atoms with Gasteiger partial charge in [-0.15, -0.1) is 0 Å². The Morgan fingerprint density at radius 2 is 1.68 bits per heavy atom. The van der Waals surface area contributed by atoms with Crippen molar-refractivity contribution in [3.05, 3.63) is 23.8 Å². The minimum atomic E-state index is -5.27. The molecule has 0 radical (unpaired) electrons. The first-order chi connectivity index (χ1) is 15.8. The summed E-state index contributed by atoms with van der Waals surface area (Å²) in [7, 11) is 0. The molecule has 2 aliphatic rings. The van der Waals surface area contributed by atoms with Crippen LogP contribution in [0.1, 0.15) is 29.6 Å². The zero-order valence-corrected chi connectivity index (χ0v) is 17.6. The summed E-state index contributed by atoms with van der Waals surface area (Å²) >= 11 is 0. The third-order valence-electron chi connectivity index (χ3n) is 5.63. The molecule has 0 saturated carbocycles. The van der Waals surface area contributed by atoms with Gasteiger partial charge in [0, 0.05) is 44.1 Å². The molecule has 2 aliphatic heterocycles. The van der Waals surface area contributed by atoms with Crippen LogP contribution in [0.25, 0.3) is 0 Å². The number of hydrogen-bond donors (Lipinski definition) is 2. The molecule has 0 bridgehead atoms. The van der Waals surface area contributed by atoms with Crippen LogP contribution in [0.5, 0.6) is 0 Å². The second-order valence-electron chi connectivity index (χ2n) is 7.93. The number of carbonyl (C=O) groups is 3. The largest absolute Gasteiger partial charge is 0.478 e. The number of nitrogens with one attached hydrogen (secondary N) is 1. The van der Waals surface area contributed by atoms with Crippen LogP contribution in [0.15, 0.2) is 18.2 Å². The van der Waals surface area contributed by atoms with Crippen LogP contribution >= 0.6 is 0 Å². The number of carboxylic acids is 1. The molecule has 1 atom stereocenters. The second kappa shape index (κ2) is 9.68. The van der Waals surface area contributed by atoms with E-state index in [-0.39, 0.29) is 51.3 Å². The predicted octanol–water partition coefficient (Wildman–Crippen LogP) is 2.72. The van der Waals surface area contributed by atoms with E-state index in [0.717, 1.165) is 12.1 Å². The van der Waals surface area contributed by atoms with Gasteiger partial charge in [-0.3, -0.25) is 9.59 Å². The van der Waals surface area contributed by atoms with Crippen LogP contribution in [0, 0.1) is 0 Å². The maximum absolute atomic E-state index is 13.4. The van der Waals surface area contributed by atoms with E-state index in [1.165, 1.54) is 11.0 Å². The van der Waals surface area contributed by atoms with Crippen LogP contribution in [-0.4, -0.2) is 73.6 Å². The van der Waals surface area contributed by atoms with Crippen LogP contribution in [0.3, 0.4) is 0 Å². The van der Waals surface area contributed by atoms with E-state index < -0.39 is 53.5 Å². The fourth-order valence-electron chi connectivity index (χ4n) is 4.03. The van der Waals surface area contributed by atoms with Crippen LogP contribution in [0.4, 0.5) is 37.7 Å². The Kier molecular flexibility index (Phi) is 7.29. The van der Waals surface area contributed by atoms with Crippen LogP contribution in [-0.2, 0) is 14.3 Å². The van der Waals surface area contributed by atoms with Crippen molar-refractivity contribution in [2.24, 2.45) is 0 Å². The highest BCUT2D eigenvalue weighted by atomic mass is 19.4. The Hall–Kier alpha value is -3.03. The first-order valence-corrected chi connectivity index (χ1v) is 10.3. The summed E-state index contributed by atoms with van der Waals surface area (Å²) in [6.07, 6.45) is -10.1. The second-order valence-corrected chi connectivity index (χ2v) is 7.93. The minimum absolute atomic E-state index is 0.0559. The van der Waals surface area contributed by atoms with E-state index >= 15 is 0 Å². The summed E-state index contributed by atoms with van der Waals surface area (Å²) in [5.74, 6) is -5.89. The molecule has 0 unspecified atom stereocenters. The molecule has 14 heteroatoms. The normalized spacial score (nSPS) is 19.7. The van der Waals surface area contributed by atoms with Gasteiger partial charge in [0.1, 0.15) is 0 Å². The number of ether oxygens (including phenoxy) is 1. The Labute approximate surface area is 189 Å². The van der Waals surface area contributed by atoms with Crippen molar-refractivity contribution in [1.29, 1.82) is 0 Å². The number of alkyl halides is 6. The van der Waals surface area contributed by atoms with Crippen molar-refractivity contribution in [1.82, 2.24) is 5.32 Å². The highest BCUT2D eigenvalue weighted by molar-refractivity contribution is 6.05. The summed E-state index contributed by atoms with van der Waals surface area (Å²) in [6.45, 7) is 0.236. The molecule has 2 fully saturated rings. The molecule has 0 aromatic heterocycles. The average molecular weight is 497 g/mol. The van der Waals surface area contributed by atoms with Crippen LogP contribution < -0.4 is 15.1 Å². The Morgan fingerprint density at radius 3 is 2.24 bits per heavy atom. The molecule has 3 rings (SSSR count). The van der Waals surface area contributed by atoms with Crippen molar-refractivity contribution < 1.29 is 50.6 Å². The van der Waals surface area contributed by atoms with Crippen molar-refractivity contribution in [2.45, 2.75) is 43.7 Å². The van der Waals surface area contributed by atoms with Gasteiger partial charge in [-0.2, -0.15) is 26.3 Å². The topological polar surface area (TPSA) is 99.2 Å². The van der Waals surface area contributed by atoms with Gasteiger partial charge in [0.15, 0.2) is 0 Å². The number of carboxylic acid groups (broad SMARTS) is 1. The van der Waals surface area contributed by atoms with Gasteiger partial charge in [-0.05, 0) is 37.5 Å². The summed E-state index contributed by atoms with van der Waals surface area (Å²) < 4.78 is 83.0. The zero-order valence-electron chi connectivity index (χ0n) is 17.6. The molecule has 2 saturated heterocycles. The number of halogens is 6. The van der Waals surface area contributed by atoms with E-state index in [4.69, 9.17) is 4.74 Å². The van der Waals surface area contributed by atoms with Crippen molar-refractivity contribution in [3.63, 3.8) is 0 Å². The first-order valence-electron chi connectivity index (χ1n) is 10.3. The highest BCUT2D eigenvalue weighted by Gasteiger charge is 2.46. The molecule has 34 heavy (non-hydrogen) atoms. The Morgan fingerprint density at radius 1 is 1.03 bits per heavy atom. The lowest BCUT2D eigenvalue weighted by molar-refractivity contribution is -0.174. The lowest BCUT2D eigenvalue weighted by Crippen LogP contribution is -2.50. The number of benzene rings is 1. The number of anilines is 2. The molecule has 2 amide bonds. The lowest BCUT2D eigenvalue weighted by atomic mass is 10.0.